The second kappa shape index (κ2) is 5.17. The number of para-hydroxylation sites is 2. The average Bonchev–Trinajstić information content (AvgIpc) is 2.36. The lowest BCUT2D eigenvalue weighted by Crippen LogP contribution is -2.13. The zero-order valence-corrected chi connectivity index (χ0v) is 12.5. The van der Waals surface area contributed by atoms with E-state index in [1.165, 1.54) is 6.07 Å². The van der Waals surface area contributed by atoms with Crippen LogP contribution in [0.15, 0.2) is 41.3 Å². The Balaban J connectivity index is 2.47. The lowest BCUT2D eigenvalue weighted by Gasteiger charge is -2.12. The van der Waals surface area contributed by atoms with Crippen molar-refractivity contribution >= 4 is 15.8 Å². The van der Waals surface area contributed by atoms with Gasteiger partial charge in [-0.15, -0.1) is 0 Å². The Kier molecular flexibility index (Phi) is 3.72. The van der Waals surface area contributed by atoms with E-state index in [0.717, 1.165) is 11.1 Å². The summed E-state index contributed by atoms with van der Waals surface area (Å²) in [6, 6.07) is 9.98. The van der Waals surface area contributed by atoms with E-state index in [0.29, 0.717) is 5.56 Å². The highest BCUT2D eigenvalue weighted by atomic mass is 32.2. The molecule has 0 radical (unpaired) electrons. The second-order valence-electron chi connectivity index (χ2n) is 4.78. The third-order valence-corrected chi connectivity index (χ3v) is 4.56. The Labute approximate surface area is 119 Å². The van der Waals surface area contributed by atoms with Crippen molar-refractivity contribution in [1.82, 2.24) is 0 Å². The molecule has 0 fully saturated rings. The summed E-state index contributed by atoms with van der Waals surface area (Å²) < 4.78 is 29.9. The molecule has 0 aliphatic heterocycles. The molecule has 0 atom stereocenters. The van der Waals surface area contributed by atoms with Crippen molar-refractivity contribution in [3.63, 3.8) is 0 Å². The maximum atomic E-state index is 12.4. The summed E-state index contributed by atoms with van der Waals surface area (Å²) in [5.41, 5.74) is 8.60. The van der Waals surface area contributed by atoms with Crippen LogP contribution in [0.4, 0.5) is 5.69 Å². The van der Waals surface area contributed by atoms with Crippen LogP contribution in [-0.4, -0.2) is 8.42 Å². The van der Waals surface area contributed by atoms with Gasteiger partial charge < -0.3 is 9.92 Å². The zero-order chi connectivity index (χ0) is 14.9. The Bertz CT molecular complexity index is 752. The predicted molar refractivity (Wildman–Crippen MR) is 79.3 cm³/mol. The van der Waals surface area contributed by atoms with Crippen LogP contribution in [0, 0.1) is 20.8 Å². The predicted octanol–water partition coefficient (Wildman–Crippen LogP) is 2.96. The smallest absolute Gasteiger partial charge is 0.339 e. The minimum absolute atomic E-state index is 0.144. The van der Waals surface area contributed by atoms with Crippen molar-refractivity contribution < 1.29 is 12.6 Å². The highest BCUT2D eigenvalue weighted by Gasteiger charge is 2.21. The van der Waals surface area contributed by atoms with Gasteiger partial charge in [-0.25, -0.2) is 0 Å². The Hall–Kier alpha value is -2.01. The molecule has 4 nitrogen and oxygen atoms in total. The lowest BCUT2D eigenvalue weighted by atomic mass is 10.1. The van der Waals surface area contributed by atoms with Crippen LogP contribution in [0.3, 0.4) is 0 Å². The molecule has 0 unspecified atom stereocenters. The minimum atomic E-state index is -3.89. The Morgan fingerprint density at radius 2 is 1.55 bits per heavy atom. The number of nitrogen functional groups attached to an aromatic ring is 1. The summed E-state index contributed by atoms with van der Waals surface area (Å²) in [5, 5.41) is 0. The molecular formula is C15H17NO3S. The number of aryl methyl sites for hydroxylation is 3. The van der Waals surface area contributed by atoms with E-state index in [1.807, 2.05) is 19.9 Å². The van der Waals surface area contributed by atoms with Gasteiger partial charge in [0.25, 0.3) is 0 Å². The maximum Gasteiger partial charge on any atom is 0.339 e. The Morgan fingerprint density at radius 1 is 0.950 bits per heavy atom. The highest BCUT2D eigenvalue weighted by molar-refractivity contribution is 7.87. The first-order valence-corrected chi connectivity index (χ1v) is 7.59. The largest absolute Gasteiger partial charge is 0.396 e. The summed E-state index contributed by atoms with van der Waals surface area (Å²) in [4.78, 5) is 0.170. The van der Waals surface area contributed by atoms with E-state index >= 15 is 0 Å². The fourth-order valence-electron chi connectivity index (χ4n) is 1.92. The molecule has 5 heteroatoms. The quantitative estimate of drug-likeness (QED) is 0.697. The molecule has 2 aromatic carbocycles. The molecule has 2 aromatic rings. The Morgan fingerprint density at radius 3 is 2.20 bits per heavy atom. The van der Waals surface area contributed by atoms with Crippen LogP contribution < -0.4 is 9.92 Å². The van der Waals surface area contributed by atoms with Crippen molar-refractivity contribution in [1.29, 1.82) is 0 Å². The number of anilines is 1. The first-order chi connectivity index (χ1) is 9.31. The van der Waals surface area contributed by atoms with Gasteiger partial charge in [-0.05, 0) is 55.7 Å². The minimum Gasteiger partial charge on any atom is -0.396 e. The fourth-order valence-corrected chi connectivity index (χ4v) is 3.18. The van der Waals surface area contributed by atoms with Crippen LogP contribution in [0.1, 0.15) is 16.7 Å². The van der Waals surface area contributed by atoms with Gasteiger partial charge in [0.2, 0.25) is 0 Å². The topological polar surface area (TPSA) is 69.4 Å². The van der Waals surface area contributed by atoms with Gasteiger partial charge in [-0.2, -0.15) is 8.42 Å². The van der Waals surface area contributed by atoms with Crippen LogP contribution in [0.25, 0.3) is 0 Å². The number of hydrogen-bond donors (Lipinski definition) is 1. The summed E-state index contributed by atoms with van der Waals surface area (Å²) in [5.74, 6) is 0.144. The van der Waals surface area contributed by atoms with Gasteiger partial charge in [0.1, 0.15) is 4.90 Å². The van der Waals surface area contributed by atoms with E-state index in [2.05, 4.69) is 0 Å². The number of rotatable bonds is 3. The number of benzene rings is 2. The van der Waals surface area contributed by atoms with E-state index in [1.54, 1.807) is 31.2 Å². The van der Waals surface area contributed by atoms with Crippen LogP contribution in [-0.2, 0) is 10.1 Å². The number of nitrogens with two attached hydrogens (primary N) is 1. The molecule has 0 bridgehead atoms. The van der Waals surface area contributed by atoms with Gasteiger partial charge >= 0.3 is 10.1 Å². The third kappa shape index (κ3) is 2.77. The van der Waals surface area contributed by atoms with E-state index < -0.39 is 10.1 Å². The molecule has 0 aromatic heterocycles. The van der Waals surface area contributed by atoms with Crippen LogP contribution in [0.5, 0.6) is 5.75 Å². The molecule has 0 saturated carbocycles. The fraction of sp³-hybridized carbons (Fsp3) is 0.200. The van der Waals surface area contributed by atoms with Gasteiger partial charge in [0.05, 0.1) is 5.69 Å². The molecule has 0 amide bonds. The van der Waals surface area contributed by atoms with Crippen molar-refractivity contribution in [2.45, 2.75) is 25.7 Å². The monoisotopic (exact) mass is 291 g/mol. The highest BCUT2D eigenvalue weighted by Crippen LogP contribution is 2.27. The molecule has 2 rings (SSSR count). The summed E-state index contributed by atoms with van der Waals surface area (Å²) in [6.07, 6.45) is 0. The molecule has 106 valence electrons. The maximum absolute atomic E-state index is 12.4. The van der Waals surface area contributed by atoms with Crippen molar-refractivity contribution in [3.8, 4) is 5.75 Å². The van der Waals surface area contributed by atoms with Crippen molar-refractivity contribution in [2.24, 2.45) is 0 Å². The lowest BCUT2D eigenvalue weighted by molar-refractivity contribution is 0.486. The average molecular weight is 291 g/mol. The second-order valence-corrected chi connectivity index (χ2v) is 6.29. The summed E-state index contributed by atoms with van der Waals surface area (Å²) in [7, 11) is -3.89. The van der Waals surface area contributed by atoms with Gasteiger partial charge in [0.15, 0.2) is 5.75 Å². The van der Waals surface area contributed by atoms with Crippen LogP contribution >= 0.6 is 0 Å². The van der Waals surface area contributed by atoms with E-state index in [-0.39, 0.29) is 16.3 Å². The van der Waals surface area contributed by atoms with Gasteiger partial charge in [-0.3, -0.25) is 0 Å². The molecule has 20 heavy (non-hydrogen) atoms. The first-order valence-electron chi connectivity index (χ1n) is 6.18. The molecule has 0 saturated heterocycles. The molecular weight excluding hydrogens is 274 g/mol. The first kappa shape index (κ1) is 14.4. The molecule has 2 N–H and O–H groups in total. The SMILES string of the molecule is Cc1cc(C)c(S(=O)(=O)Oc2ccccc2N)cc1C. The molecule has 0 heterocycles. The zero-order valence-electron chi connectivity index (χ0n) is 11.7. The third-order valence-electron chi connectivity index (χ3n) is 3.18. The molecule has 0 aliphatic carbocycles. The summed E-state index contributed by atoms with van der Waals surface area (Å²) >= 11 is 0. The summed E-state index contributed by atoms with van der Waals surface area (Å²) in [6.45, 7) is 5.55. The van der Waals surface area contributed by atoms with Crippen LogP contribution in [0.2, 0.25) is 0 Å². The number of hydrogen-bond acceptors (Lipinski definition) is 4. The van der Waals surface area contributed by atoms with E-state index in [4.69, 9.17) is 9.92 Å². The standard InChI is InChI=1S/C15H17NO3S/c1-10-8-12(3)15(9-11(10)2)20(17,18)19-14-7-5-4-6-13(14)16/h4-9H,16H2,1-3H3. The normalized spacial score (nSPS) is 11.3. The molecule has 0 spiro atoms. The van der Waals surface area contributed by atoms with Crippen molar-refractivity contribution in [3.05, 3.63) is 53.1 Å². The van der Waals surface area contributed by atoms with Gasteiger partial charge in [0, 0.05) is 0 Å². The molecule has 0 aliphatic rings. The van der Waals surface area contributed by atoms with Crippen molar-refractivity contribution in [2.75, 3.05) is 5.73 Å². The van der Waals surface area contributed by atoms with E-state index in [9.17, 15) is 8.42 Å². The van der Waals surface area contributed by atoms with Gasteiger partial charge in [-0.1, -0.05) is 18.2 Å².